The number of alkyl halides is 1. The summed E-state index contributed by atoms with van der Waals surface area (Å²) in [5, 5.41) is 12.2. The number of hydrogen-bond donors (Lipinski definition) is 2. The molecule has 22 heavy (non-hydrogen) atoms. The van der Waals surface area contributed by atoms with Gasteiger partial charge in [-0.15, -0.1) is 11.6 Å². The number of carbonyl (C=O) groups is 1. The quantitative estimate of drug-likeness (QED) is 0.650. The second kappa shape index (κ2) is 6.63. The van der Waals surface area contributed by atoms with E-state index in [0.717, 1.165) is 5.56 Å². The van der Waals surface area contributed by atoms with Crippen LogP contribution in [0.4, 0.5) is 0 Å². The third kappa shape index (κ3) is 3.08. The average molecular weight is 336 g/mol. The molecule has 2 rings (SSSR count). The fourth-order valence-corrected chi connectivity index (χ4v) is 3.25. The topological polar surface area (TPSA) is 49.3 Å². The van der Waals surface area contributed by atoms with Gasteiger partial charge in [-0.1, -0.05) is 62.5 Å². The SMILES string of the molecule is CC(C)C1(C(=O)O)C=C(NC(=S)c2ccccc2)C=CC1Cl. The number of allylic oxidation sites excluding steroid dienone is 2. The van der Waals surface area contributed by atoms with Crippen molar-refractivity contribution in [3.05, 3.63) is 59.8 Å². The zero-order valence-corrected chi connectivity index (χ0v) is 14.0. The Kier molecular flexibility index (Phi) is 5.04. The van der Waals surface area contributed by atoms with E-state index in [1.807, 2.05) is 44.2 Å². The summed E-state index contributed by atoms with van der Waals surface area (Å²) in [7, 11) is 0. The van der Waals surface area contributed by atoms with Crippen LogP contribution in [0.25, 0.3) is 0 Å². The molecule has 1 aliphatic rings. The number of nitrogens with one attached hydrogen (secondary N) is 1. The van der Waals surface area contributed by atoms with Crippen molar-refractivity contribution < 1.29 is 9.90 Å². The summed E-state index contributed by atoms with van der Waals surface area (Å²) in [6.07, 6.45) is 5.15. The van der Waals surface area contributed by atoms with Gasteiger partial charge in [0.25, 0.3) is 0 Å². The van der Waals surface area contributed by atoms with Crippen molar-refractivity contribution in [2.75, 3.05) is 0 Å². The highest BCUT2D eigenvalue weighted by Crippen LogP contribution is 2.41. The van der Waals surface area contributed by atoms with Gasteiger partial charge in [0.15, 0.2) is 0 Å². The molecule has 0 spiro atoms. The second-order valence-corrected chi connectivity index (χ2v) is 6.45. The fraction of sp³-hybridized carbons (Fsp3) is 0.294. The van der Waals surface area contributed by atoms with Gasteiger partial charge in [0.2, 0.25) is 0 Å². The van der Waals surface area contributed by atoms with Gasteiger partial charge in [-0.3, -0.25) is 4.79 Å². The molecule has 0 bridgehead atoms. The van der Waals surface area contributed by atoms with Gasteiger partial charge < -0.3 is 10.4 Å². The Morgan fingerprint density at radius 2 is 2.00 bits per heavy atom. The van der Waals surface area contributed by atoms with Crippen LogP contribution in [-0.2, 0) is 4.79 Å². The van der Waals surface area contributed by atoms with Crippen LogP contribution in [-0.4, -0.2) is 21.4 Å². The van der Waals surface area contributed by atoms with Gasteiger partial charge >= 0.3 is 5.97 Å². The average Bonchev–Trinajstić information content (AvgIpc) is 2.49. The molecule has 1 aromatic rings. The number of aliphatic carboxylic acids is 1. The molecule has 0 saturated heterocycles. The number of benzene rings is 1. The first-order valence-electron chi connectivity index (χ1n) is 7.03. The Labute approximate surface area is 140 Å². The number of thiocarbonyl (C=S) groups is 1. The summed E-state index contributed by atoms with van der Waals surface area (Å²) >= 11 is 11.6. The van der Waals surface area contributed by atoms with E-state index in [2.05, 4.69) is 5.32 Å². The van der Waals surface area contributed by atoms with Gasteiger partial charge in [-0.05, 0) is 18.1 Å². The number of hydrogen-bond acceptors (Lipinski definition) is 2. The van der Waals surface area contributed by atoms with E-state index in [1.54, 1.807) is 18.2 Å². The van der Waals surface area contributed by atoms with E-state index in [9.17, 15) is 9.90 Å². The molecule has 0 amide bonds. The van der Waals surface area contributed by atoms with Crippen LogP contribution in [0.2, 0.25) is 0 Å². The summed E-state index contributed by atoms with van der Waals surface area (Å²) in [5.74, 6) is -1.09. The van der Waals surface area contributed by atoms with Gasteiger partial charge in [0.1, 0.15) is 10.4 Å². The minimum Gasteiger partial charge on any atom is -0.481 e. The molecule has 2 N–H and O–H groups in total. The number of carboxylic acid groups (broad SMARTS) is 1. The Morgan fingerprint density at radius 1 is 1.36 bits per heavy atom. The van der Waals surface area contributed by atoms with Crippen LogP contribution in [0, 0.1) is 11.3 Å². The molecule has 0 fully saturated rings. The van der Waals surface area contributed by atoms with E-state index in [4.69, 9.17) is 23.8 Å². The maximum Gasteiger partial charge on any atom is 0.315 e. The fourth-order valence-electron chi connectivity index (χ4n) is 2.51. The summed E-state index contributed by atoms with van der Waals surface area (Å²) in [4.78, 5) is 12.4. The van der Waals surface area contributed by atoms with Crippen LogP contribution in [0.1, 0.15) is 19.4 Å². The van der Waals surface area contributed by atoms with Crippen LogP contribution in [0.15, 0.2) is 54.3 Å². The Hall–Kier alpha value is -1.65. The third-order valence-electron chi connectivity index (χ3n) is 3.92. The van der Waals surface area contributed by atoms with Crippen molar-refractivity contribution in [3.8, 4) is 0 Å². The third-order valence-corrected chi connectivity index (χ3v) is 4.76. The monoisotopic (exact) mass is 335 g/mol. The summed E-state index contributed by atoms with van der Waals surface area (Å²) in [6, 6.07) is 9.52. The molecule has 3 nitrogen and oxygen atoms in total. The van der Waals surface area contributed by atoms with Crippen LogP contribution >= 0.6 is 23.8 Å². The largest absolute Gasteiger partial charge is 0.481 e. The lowest BCUT2D eigenvalue weighted by atomic mass is 9.71. The van der Waals surface area contributed by atoms with E-state index >= 15 is 0 Å². The van der Waals surface area contributed by atoms with E-state index in [-0.39, 0.29) is 5.92 Å². The lowest BCUT2D eigenvalue weighted by Gasteiger charge is -2.36. The molecule has 0 saturated carbocycles. The lowest BCUT2D eigenvalue weighted by molar-refractivity contribution is -0.148. The smallest absolute Gasteiger partial charge is 0.315 e. The number of halogens is 1. The highest BCUT2D eigenvalue weighted by Gasteiger charge is 2.47. The first-order valence-corrected chi connectivity index (χ1v) is 7.87. The standard InChI is InChI=1S/C17H18ClNO2S/c1-11(2)17(16(20)21)10-13(8-9-14(17)18)19-15(22)12-6-4-3-5-7-12/h3-11,14H,1-2H3,(H,19,22)(H,20,21). The Bertz CT molecular complexity index is 639. The van der Waals surface area contributed by atoms with Gasteiger partial charge in [0.05, 0.1) is 5.38 Å². The highest BCUT2D eigenvalue weighted by atomic mass is 35.5. The normalized spacial score (nSPS) is 24.0. The molecule has 116 valence electrons. The van der Waals surface area contributed by atoms with Gasteiger partial charge in [0, 0.05) is 11.3 Å². The predicted molar refractivity (Wildman–Crippen MR) is 93.0 cm³/mol. The summed E-state index contributed by atoms with van der Waals surface area (Å²) < 4.78 is 0. The number of carboxylic acids is 1. The van der Waals surface area contributed by atoms with Crippen molar-refractivity contribution >= 4 is 34.8 Å². The molecule has 1 aromatic carbocycles. The van der Waals surface area contributed by atoms with Crippen molar-refractivity contribution in [1.82, 2.24) is 5.32 Å². The van der Waals surface area contributed by atoms with Crippen LogP contribution < -0.4 is 5.32 Å². The Balaban J connectivity index is 2.30. The molecular weight excluding hydrogens is 318 g/mol. The number of rotatable bonds is 4. The highest BCUT2D eigenvalue weighted by molar-refractivity contribution is 7.80. The van der Waals surface area contributed by atoms with E-state index in [1.165, 1.54) is 0 Å². The van der Waals surface area contributed by atoms with Gasteiger partial charge in [-0.2, -0.15) is 0 Å². The molecule has 5 heteroatoms. The minimum absolute atomic E-state index is 0.153. The molecule has 0 aliphatic heterocycles. The Morgan fingerprint density at radius 3 is 2.55 bits per heavy atom. The lowest BCUT2D eigenvalue weighted by Crippen LogP contribution is -2.44. The van der Waals surface area contributed by atoms with Crippen LogP contribution in [0.3, 0.4) is 0 Å². The van der Waals surface area contributed by atoms with Crippen molar-refractivity contribution in [2.45, 2.75) is 19.2 Å². The van der Waals surface area contributed by atoms with Crippen molar-refractivity contribution in [1.29, 1.82) is 0 Å². The maximum atomic E-state index is 11.8. The molecule has 0 heterocycles. The zero-order valence-electron chi connectivity index (χ0n) is 12.4. The van der Waals surface area contributed by atoms with E-state index < -0.39 is 16.8 Å². The summed E-state index contributed by atoms with van der Waals surface area (Å²) in [5.41, 5.74) is 0.386. The predicted octanol–water partition coefficient (Wildman–Crippen LogP) is 3.74. The summed E-state index contributed by atoms with van der Waals surface area (Å²) in [6.45, 7) is 3.71. The van der Waals surface area contributed by atoms with E-state index in [0.29, 0.717) is 10.7 Å². The first-order chi connectivity index (χ1) is 10.4. The van der Waals surface area contributed by atoms with Crippen LogP contribution in [0.5, 0.6) is 0 Å². The molecule has 2 atom stereocenters. The van der Waals surface area contributed by atoms with Gasteiger partial charge in [-0.25, -0.2) is 0 Å². The first kappa shape index (κ1) is 16.7. The molecule has 1 aliphatic carbocycles. The van der Waals surface area contributed by atoms with Crippen molar-refractivity contribution in [3.63, 3.8) is 0 Å². The zero-order chi connectivity index (χ0) is 16.3. The van der Waals surface area contributed by atoms with Crippen molar-refractivity contribution in [2.24, 2.45) is 11.3 Å². The maximum absolute atomic E-state index is 11.8. The molecular formula is C17H18ClNO2S. The molecule has 0 aromatic heterocycles. The second-order valence-electron chi connectivity index (χ2n) is 5.57. The minimum atomic E-state index is -1.15. The molecule has 0 radical (unpaired) electrons. The molecule has 2 unspecified atom stereocenters.